The zero-order valence-electron chi connectivity index (χ0n) is 15.5. The fraction of sp³-hybridized carbons (Fsp3) is 0.700. The predicted molar refractivity (Wildman–Crippen MR) is 103 cm³/mol. The van der Waals surface area contributed by atoms with Crippen LogP contribution >= 0.6 is 0 Å². The first-order valence-corrected chi connectivity index (χ1v) is 9.69. The minimum Gasteiger partial charge on any atom is -0.299 e. The van der Waals surface area contributed by atoms with Gasteiger partial charge in [0.25, 0.3) is 0 Å². The number of aliphatic imine (C=N–C) groups is 1. The van der Waals surface area contributed by atoms with E-state index in [0.717, 1.165) is 50.0 Å². The van der Waals surface area contributed by atoms with Crippen LogP contribution in [0.4, 0.5) is 0 Å². The molecular weight excluding hydrogens is 296 g/mol. The van der Waals surface area contributed by atoms with Gasteiger partial charge in [0.15, 0.2) is 0 Å². The van der Waals surface area contributed by atoms with E-state index in [1.54, 1.807) is 0 Å². The minimum absolute atomic E-state index is 0.806. The monoisotopic (exact) mass is 330 g/mol. The molecule has 1 heterocycles. The molecule has 0 saturated heterocycles. The van der Waals surface area contributed by atoms with E-state index >= 15 is 0 Å². The van der Waals surface area contributed by atoms with Crippen LogP contribution in [0.1, 0.15) is 63.6 Å². The predicted octanol–water partition coefficient (Wildman–Crippen LogP) is 3.86. The molecule has 0 aromatic carbocycles. The Hall–Kier alpha value is -1.26. The van der Waals surface area contributed by atoms with Gasteiger partial charge in [0.1, 0.15) is 0 Å². The zero-order valence-corrected chi connectivity index (χ0v) is 15.5. The lowest BCUT2D eigenvalue weighted by atomic mass is 9.87. The van der Waals surface area contributed by atoms with E-state index in [1.807, 2.05) is 18.5 Å². The van der Waals surface area contributed by atoms with Gasteiger partial charge in [-0.3, -0.25) is 20.2 Å². The molecule has 4 heteroatoms. The summed E-state index contributed by atoms with van der Waals surface area (Å²) in [7, 11) is 0. The van der Waals surface area contributed by atoms with E-state index in [1.165, 1.54) is 38.5 Å². The maximum absolute atomic E-state index is 4.63. The third-order valence-electron chi connectivity index (χ3n) is 5.01. The van der Waals surface area contributed by atoms with Gasteiger partial charge < -0.3 is 0 Å². The summed E-state index contributed by atoms with van der Waals surface area (Å²) < 4.78 is 0. The Balaban J connectivity index is 1.72. The van der Waals surface area contributed by atoms with Crippen LogP contribution in [0, 0.1) is 5.92 Å². The van der Waals surface area contributed by atoms with E-state index in [4.69, 9.17) is 0 Å². The molecular formula is C20H34N4. The van der Waals surface area contributed by atoms with Gasteiger partial charge in [-0.2, -0.15) is 0 Å². The van der Waals surface area contributed by atoms with E-state index in [-0.39, 0.29) is 0 Å². The van der Waals surface area contributed by atoms with Gasteiger partial charge in [-0.25, -0.2) is 0 Å². The molecule has 4 nitrogen and oxygen atoms in total. The van der Waals surface area contributed by atoms with Crippen LogP contribution < -0.4 is 5.32 Å². The smallest absolute Gasteiger partial charge is 0.0548 e. The molecule has 1 aliphatic rings. The molecule has 0 bridgehead atoms. The van der Waals surface area contributed by atoms with Crippen molar-refractivity contribution in [3.8, 4) is 0 Å². The first kappa shape index (κ1) is 19.1. The number of rotatable bonds is 10. The molecule has 24 heavy (non-hydrogen) atoms. The summed E-state index contributed by atoms with van der Waals surface area (Å²) in [5, 5.41) is 3.46. The Bertz CT molecular complexity index is 476. The van der Waals surface area contributed by atoms with Gasteiger partial charge >= 0.3 is 0 Å². The molecule has 1 saturated carbocycles. The standard InChI is InChI=1S/C20H34N4/c1-3-24(4-2)17-22-16-20-14-19(11-13-23-20)15-21-12-10-18-8-6-5-7-9-18/h11,13-15,18,22H,3-10,12,16-17H2,1-2H3/b21-15+. The Morgan fingerprint density at radius 3 is 2.79 bits per heavy atom. The van der Waals surface area contributed by atoms with Crippen molar-refractivity contribution < 1.29 is 0 Å². The lowest BCUT2D eigenvalue weighted by Crippen LogP contribution is -2.33. The Morgan fingerprint density at radius 2 is 2.04 bits per heavy atom. The minimum atomic E-state index is 0.806. The number of hydrogen-bond acceptors (Lipinski definition) is 4. The summed E-state index contributed by atoms with van der Waals surface area (Å²) in [6.07, 6.45) is 12.2. The van der Waals surface area contributed by atoms with Gasteiger partial charge in [0.2, 0.25) is 0 Å². The van der Waals surface area contributed by atoms with Crippen molar-refractivity contribution in [2.75, 3.05) is 26.3 Å². The molecule has 0 amide bonds. The van der Waals surface area contributed by atoms with Crippen LogP contribution in [0.3, 0.4) is 0 Å². The third-order valence-corrected chi connectivity index (χ3v) is 5.01. The number of pyridine rings is 1. The highest BCUT2D eigenvalue weighted by molar-refractivity contribution is 5.79. The highest BCUT2D eigenvalue weighted by Gasteiger charge is 2.12. The van der Waals surface area contributed by atoms with Crippen molar-refractivity contribution in [1.82, 2.24) is 15.2 Å². The van der Waals surface area contributed by atoms with Crippen LogP contribution in [0.2, 0.25) is 0 Å². The molecule has 1 fully saturated rings. The molecule has 0 aliphatic heterocycles. The van der Waals surface area contributed by atoms with Crippen LogP contribution in [0.5, 0.6) is 0 Å². The molecule has 2 rings (SSSR count). The highest BCUT2D eigenvalue weighted by Crippen LogP contribution is 2.25. The van der Waals surface area contributed by atoms with Gasteiger partial charge in [-0.1, -0.05) is 46.0 Å². The van der Waals surface area contributed by atoms with Crippen LogP contribution in [-0.2, 0) is 6.54 Å². The van der Waals surface area contributed by atoms with Crippen molar-refractivity contribution in [3.05, 3.63) is 29.6 Å². The molecule has 0 spiro atoms. The van der Waals surface area contributed by atoms with Crippen molar-refractivity contribution >= 4 is 6.21 Å². The average molecular weight is 331 g/mol. The van der Waals surface area contributed by atoms with Crippen molar-refractivity contribution in [3.63, 3.8) is 0 Å². The summed E-state index contributed by atoms with van der Waals surface area (Å²) in [6.45, 7) is 9.20. The first-order chi connectivity index (χ1) is 11.8. The fourth-order valence-electron chi connectivity index (χ4n) is 3.37. The molecule has 1 aromatic heterocycles. The van der Waals surface area contributed by atoms with Gasteiger partial charge in [0, 0.05) is 32.2 Å². The number of hydrogen-bond donors (Lipinski definition) is 1. The van der Waals surface area contributed by atoms with Crippen molar-refractivity contribution in [1.29, 1.82) is 0 Å². The summed E-state index contributed by atoms with van der Waals surface area (Å²) in [6, 6.07) is 4.18. The van der Waals surface area contributed by atoms with E-state index in [0.29, 0.717) is 0 Å². The summed E-state index contributed by atoms with van der Waals surface area (Å²) in [5.41, 5.74) is 2.24. The Morgan fingerprint density at radius 1 is 1.25 bits per heavy atom. The van der Waals surface area contributed by atoms with Crippen molar-refractivity contribution in [2.45, 2.75) is 58.9 Å². The highest BCUT2D eigenvalue weighted by atomic mass is 15.2. The quantitative estimate of drug-likeness (QED) is 0.523. The maximum Gasteiger partial charge on any atom is 0.0548 e. The second-order valence-electron chi connectivity index (χ2n) is 6.80. The van der Waals surface area contributed by atoms with E-state index in [2.05, 4.69) is 40.1 Å². The lowest BCUT2D eigenvalue weighted by Gasteiger charge is -2.20. The largest absolute Gasteiger partial charge is 0.299 e. The molecule has 1 aromatic rings. The zero-order chi connectivity index (χ0) is 17.0. The van der Waals surface area contributed by atoms with E-state index < -0.39 is 0 Å². The number of aromatic nitrogens is 1. The number of nitrogens with one attached hydrogen (secondary N) is 1. The average Bonchev–Trinajstić information content (AvgIpc) is 2.64. The Kier molecular flexibility index (Phi) is 9.00. The molecule has 0 atom stereocenters. The maximum atomic E-state index is 4.63. The SMILES string of the molecule is CCN(CC)CNCc1cc(/C=N/CCC2CCCCC2)ccn1. The normalized spacial score (nSPS) is 16.3. The van der Waals surface area contributed by atoms with Gasteiger partial charge in [0.05, 0.1) is 5.69 Å². The molecule has 1 aliphatic carbocycles. The second-order valence-corrected chi connectivity index (χ2v) is 6.80. The summed E-state index contributed by atoms with van der Waals surface area (Å²) in [4.78, 5) is 11.4. The fourth-order valence-corrected chi connectivity index (χ4v) is 3.37. The topological polar surface area (TPSA) is 40.5 Å². The van der Waals surface area contributed by atoms with Crippen LogP contribution in [0.15, 0.2) is 23.3 Å². The molecule has 1 N–H and O–H groups in total. The molecule has 0 radical (unpaired) electrons. The third kappa shape index (κ3) is 7.10. The lowest BCUT2D eigenvalue weighted by molar-refractivity contribution is 0.277. The summed E-state index contributed by atoms with van der Waals surface area (Å²) in [5.74, 6) is 0.910. The van der Waals surface area contributed by atoms with Crippen LogP contribution in [0.25, 0.3) is 0 Å². The Labute approximate surface area is 147 Å². The number of nitrogens with zero attached hydrogens (tertiary/aromatic N) is 3. The van der Waals surface area contributed by atoms with Gasteiger partial charge in [-0.05, 0) is 43.1 Å². The van der Waals surface area contributed by atoms with Crippen molar-refractivity contribution in [2.24, 2.45) is 10.9 Å². The first-order valence-electron chi connectivity index (χ1n) is 9.69. The second kappa shape index (κ2) is 11.3. The van der Waals surface area contributed by atoms with Gasteiger partial charge in [-0.15, -0.1) is 0 Å². The van der Waals surface area contributed by atoms with Crippen LogP contribution in [-0.4, -0.2) is 42.4 Å². The van der Waals surface area contributed by atoms with E-state index in [9.17, 15) is 0 Å². The molecule has 134 valence electrons. The summed E-state index contributed by atoms with van der Waals surface area (Å²) >= 11 is 0. The molecule has 0 unspecified atom stereocenters.